The maximum atomic E-state index is 15.8. The lowest BCUT2D eigenvalue weighted by atomic mass is 9.93. The van der Waals surface area contributed by atoms with Gasteiger partial charge in [-0.3, -0.25) is 14.5 Å². The van der Waals surface area contributed by atoms with E-state index in [1.54, 1.807) is 31.2 Å². The second kappa shape index (κ2) is 11.5. The third-order valence-electron chi connectivity index (χ3n) is 7.43. The smallest absolute Gasteiger partial charge is 0.257 e. The van der Waals surface area contributed by atoms with E-state index in [-0.39, 0.29) is 28.6 Å². The zero-order chi connectivity index (χ0) is 28.4. The van der Waals surface area contributed by atoms with Crippen LogP contribution >= 0.6 is 11.6 Å². The SMILES string of the molecule is CCC(=O)N[C@@](CO)(c1cccc(C)c1)N1C(=O)c2ccc(Cl)c(F)c2C1c1ccnc(NC2CCOCC2)n1. The van der Waals surface area contributed by atoms with Crippen LogP contribution in [0.15, 0.2) is 48.7 Å². The van der Waals surface area contributed by atoms with Crippen LogP contribution in [0.25, 0.3) is 0 Å². The number of amides is 2. The Kier molecular flexibility index (Phi) is 8.02. The van der Waals surface area contributed by atoms with Gasteiger partial charge < -0.3 is 20.5 Å². The van der Waals surface area contributed by atoms with Crippen molar-refractivity contribution in [3.63, 3.8) is 0 Å². The summed E-state index contributed by atoms with van der Waals surface area (Å²) in [5, 5.41) is 17.0. The van der Waals surface area contributed by atoms with E-state index in [9.17, 15) is 14.7 Å². The molecular weight excluding hydrogens is 537 g/mol. The zero-order valence-electron chi connectivity index (χ0n) is 22.3. The van der Waals surface area contributed by atoms with Crippen molar-refractivity contribution < 1.29 is 23.8 Å². The number of benzene rings is 2. The minimum atomic E-state index is -1.74. The summed E-state index contributed by atoms with van der Waals surface area (Å²) >= 11 is 6.21. The highest BCUT2D eigenvalue weighted by Crippen LogP contribution is 2.47. The fraction of sp³-hybridized carbons (Fsp3) is 0.379. The van der Waals surface area contributed by atoms with Gasteiger partial charge in [-0.05, 0) is 38.0 Å². The van der Waals surface area contributed by atoms with Crippen LogP contribution in [0.4, 0.5) is 10.3 Å². The summed E-state index contributed by atoms with van der Waals surface area (Å²) in [4.78, 5) is 37.4. The van der Waals surface area contributed by atoms with Crippen molar-refractivity contribution in [2.45, 2.75) is 50.9 Å². The van der Waals surface area contributed by atoms with Gasteiger partial charge in [0, 0.05) is 48.6 Å². The second-order valence-electron chi connectivity index (χ2n) is 10.0. The van der Waals surface area contributed by atoms with E-state index in [1.165, 1.54) is 23.2 Å². The predicted molar refractivity (Wildman–Crippen MR) is 147 cm³/mol. The molecule has 0 bridgehead atoms. The van der Waals surface area contributed by atoms with Gasteiger partial charge in [0.05, 0.1) is 17.3 Å². The monoisotopic (exact) mass is 567 g/mol. The summed E-state index contributed by atoms with van der Waals surface area (Å²) in [5.74, 6) is -1.44. The Morgan fingerprint density at radius 3 is 2.73 bits per heavy atom. The number of aryl methyl sites for hydroxylation is 1. The van der Waals surface area contributed by atoms with Crippen LogP contribution in [0, 0.1) is 12.7 Å². The van der Waals surface area contributed by atoms with Gasteiger partial charge in [0.1, 0.15) is 11.9 Å². The normalized spacial score (nSPS) is 18.8. The van der Waals surface area contributed by atoms with E-state index in [1.807, 2.05) is 13.0 Å². The van der Waals surface area contributed by atoms with Crippen molar-refractivity contribution in [3.8, 4) is 0 Å². The van der Waals surface area contributed by atoms with E-state index in [0.717, 1.165) is 18.4 Å². The van der Waals surface area contributed by atoms with E-state index in [4.69, 9.17) is 21.3 Å². The van der Waals surface area contributed by atoms with Gasteiger partial charge in [-0.25, -0.2) is 14.4 Å². The Bertz CT molecular complexity index is 1430. The third-order valence-corrected chi connectivity index (χ3v) is 7.72. The Hall–Kier alpha value is -3.60. The highest BCUT2D eigenvalue weighted by atomic mass is 35.5. The maximum Gasteiger partial charge on any atom is 0.257 e. The Labute approximate surface area is 236 Å². The van der Waals surface area contributed by atoms with E-state index >= 15 is 4.39 Å². The molecule has 2 aromatic carbocycles. The van der Waals surface area contributed by atoms with E-state index in [2.05, 4.69) is 15.6 Å². The van der Waals surface area contributed by atoms with Crippen LogP contribution in [0.3, 0.4) is 0 Å². The van der Waals surface area contributed by atoms with Crippen molar-refractivity contribution >= 4 is 29.4 Å². The summed E-state index contributed by atoms with van der Waals surface area (Å²) in [6, 6.07) is 10.5. The molecule has 0 radical (unpaired) electrons. The second-order valence-corrected chi connectivity index (χ2v) is 10.4. The number of carbonyl (C=O) groups is 2. The molecule has 40 heavy (non-hydrogen) atoms. The zero-order valence-corrected chi connectivity index (χ0v) is 23.0. The molecule has 210 valence electrons. The van der Waals surface area contributed by atoms with Crippen LogP contribution in [0.5, 0.6) is 0 Å². The molecule has 2 atom stereocenters. The molecule has 1 unspecified atom stereocenters. The Morgan fingerprint density at radius 1 is 1.25 bits per heavy atom. The summed E-state index contributed by atoms with van der Waals surface area (Å²) in [6.45, 7) is 4.09. The first-order valence-electron chi connectivity index (χ1n) is 13.3. The van der Waals surface area contributed by atoms with Crippen LogP contribution in [0.2, 0.25) is 5.02 Å². The first-order valence-corrected chi connectivity index (χ1v) is 13.6. The number of fused-ring (bicyclic) bond motifs is 1. The standard InChI is InChI=1S/C29H31ClFN5O4/c1-3-23(38)35-29(16-37,18-6-4-5-17(2)15-18)36-26(24-20(27(36)39)7-8-21(30)25(24)31)22-9-12-32-28(34-22)33-19-10-13-40-14-11-19/h4-9,12,15,19,26,37H,3,10-11,13-14,16H2,1-2H3,(H,35,38)(H,32,33,34)/t26?,29-/m1/s1. The number of hydrogen-bond donors (Lipinski definition) is 3. The van der Waals surface area contributed by atoms with Crippen molar-refractivity contribution in [1.29, 1.82) is 0 Å². The molecule has 3 N–H and O–H groups in total. The van der Waals surface area contributed by atoms with Gasteiger partial charge in [0.2, 0.25) is 11.9 Å². The summed E-state index contributed by atoms with van der Waals surface area (Å²) in [7, 11) is 0. The minimum Gasteiger partial charge on any atom is -0.392 e. The number of halogens is 2. The number of ether oxygens (including phenoxy) is 1. The third kappa shape index (κ3) is 5.02. The molecule has 1 saturated heterocycles. The molecule has 5 rings (SSSR count). The molecule has 1 fully saturated rings. The molecule has 2 aliphatic heterocycles. The van der Waals surface area contributed by atoms with Gasteiger partial charge in [0.25, 0.3) is 5.91 Å². The lowest BCUT2D eigenvalue weighted by Gasteiger charge is -2.44. The topological polar surface area (TPSA) is 117 Å². The lowest BCUT2D eigenvalue weighted by Crippen LogP contribution is -2.61. The van der Waals surface area contributed by atoms with Crippen LogP contribution < -0.4 is 10.6 Å². The molecular formula is C29H31ClFN5O4. The van der Waals surface area contributed by atoms with E-state index < -0.39 is 35.9 Å². The molecule has 3 heterocycles. The number of aliphatic hydroxyl groups excluding tert-OH is 1. The molecule has 9 nitrogen and oxygen atoms in total. The quantitative estimate of drug-likeness (QED) is 0.375. The number of aliphatic hydroxyl groups is 1. The van der Waals surface area contributed by atoms with Crippen molar-refractivity contribution in [2.75, 3.05) is 25.1 Å². The van der Waals surface area contributed by atoms with Gasteiger partial charge in [-0.15, -0.1) is 0 Å². The first kappa shape index (κ1) is 27.9. The van der Waals surface area contributed by atoms with Crippen LogP contribution in [-0.4, -0.2) is 57.7 Å². The number of nitrogens with zero attached hydrogens (tertiary/aromatic N) is 3. The maximum absolute atomic E-state index is 15.8. The van der Waals surface area contributed by atoms with Gasteiger partial charge >= 0.3 is 0 Å². The number of carbonyl (C=O) groups excluding carboxylic acids is 2. The fourth-order valence-corrected chi connectivity index (χ4v) is 5.55. The van der Waals surface area contributed by atoms with E-state index in [0.29, 0.717) is 30.4 Å². The molecule has 1 aromatic heterocycles. The first-order chi connectivity index (χ1) is 19.3. The van der Waals surface area contributed by atoms with Gasteiger partial charge in [0.15, 0.2) is 5.66 Å². The van der Waals surface area contributed by atoms with Crippen LogP contribution in [0.1, 0.15) is 65.0 Å². The lowest BCUT2D eigenvalue weighted by molar-refractivity contribution is -0.127. The number of anilines is 1. The average Bonchev–Trinajstić information content (AvgIpc) is 3.27. The highest BCUT2D eigenvalue weighted by molar-refractivity contribution is 6.31. The molecule has 3 aromatic rings. The average molecular weight is 568 g/mol. The number of nitrogens with one attached hydrogen (secondary N) is 2. The van der Waals surface area contributed by atoms with Crippen molar-refractivity contribution in [1.82, 2.24) is 20.2 Å². The number of rotatable bonds is 8. The highest BCUT2D eigenvalue weighted by Gasteiger charge is 2.53. The minimum absolute atomic E-state index is 0.0180. The Morgan fingerprint density at radius 2 is 2.02 bits per heavy atom. The number of hydrogen-bond acceptors (Lipinski definition) is 7. The summed E-state index contributed by atoms with van der Waals surface area (Å²) in [6.07, 6.45) is 3.18. The molecule has 2 amide bonds. The molecule has 11 heteroatoms. The summed E-state index contributed by atoms with van der Waals surface area (Å²) in [5.41, 5.74) is -0.0397. The van der Waals surface area contributed by atoms with Crippen LogP contribution in [-0.2, 0) is 15.2 Å². The van der Waals surface area contributed by atoms with Crippen molar-refractivity contribution in [3.05, 3.63) is 87.4 Å². The molecule has 2 aliphatic rings. The fourth-order valence-electron chi connectivity index (χ4n) is 5.39. The Balaban J connectivity index is 1.70. The predicted octanol–water partition coefficient (Wildman–Crippen LogP) is 4.09. The summed E-state index contributed by atoms with van der Waals surface area (Å²) < 4.78 is 21.2. The molecule has 0 spiro atoms. The molecule has 0 aliphatic carbocycles. The van der Waals surface area contributed by atoms with Gasteiger partial charge in [-0.1, -0.05) is 48.4 Å². The van der Waals surface area contributed by atoms with Gasteiger partial charge in [-0.2, -0.15) is 0 Å². The largest absolute Gasteiger partial charge is 0.392 e. The molecule has 0 saturated carbocycles. The number of aromatic nitrogens is 2. The van der Waals surface area contributed by atoms with Crippen molar-refractivity contribution in [2.24, 2.45) is 0 Å².